The normalized spacial score (nSPS) is 12.0. The molecule has 0 spiro atoms. The molecule has 3 aromatic rings. The Balaban J connectivity index is 1.68. The molecule has 182 valence electrons. The van der Waals surface area contributed by atoms with Gasteiger partial charge in [-0.05, 0) is 48.9 Å². The third kappa shape index (κ3) is 7.06. The molecule has 0 saturated heterocycles. The molecule has 3 rings (SSSR count). The maximum atomic E-state index is 12.9. The zero-order valence-corrected chi connectivity index (χ0v) is 19.2. The van der Waals surface area contributed by atoms with Gasteiger partial charge in [0, 0.05) is 34.0 Å². The van der Waals surface area contributed by atoms with Gasteiger partial charge in [-0.1, -0.05) is 25.1 Å². The highest BCUT2D eigenvalue weighted by atomic mass is 32.2. The summed E-state index contributed by atoms with van der Waals surface area (Å²) in [5.74, 6) is -0.993. The Morgan fingerprint density at radius 1 is 0.971 bits per heavy atom. The van der Waals surface area contributed by atoms with Crippen LogP contribution in [-0.4, -0.2) is 22.0 Å². The average molecular weight is 504 g/mol. The van der Waals surface area contributed by atoms with Crippen LogP contribution >= 0.6 is 11.8 Å². The lowest BCUT2D eigenvalue weighted by molar-refractivity contribution is -0.384. The first-order valence-corrected chi connectivity index (χ1v) is 11.3. The largest absolute Gasteiger partial charge is 0.416 e. The van der Waals surface area contributed by atoms with Gasteiger partial charge >= 0.3 is 6.18 Å². The summed E-state index contributed by atoms with van der Waals surface area (Å²) in [4.78, 5) is 36.2. The summed E-state index contributed by atoms with van der Waals surface area (Å²) in [6, 6.07) is 16.4. The van der Waals surface area contributed by atoms with E-state index in [4.69, 9.17) is 0 Å². The minimum atomic E-state index is -4.52. The van der Waals surface area contributed by atoms with Gasteiger partial charge in [-0.15, -0.1) is 11.8 Å². The number of nitro groups is 1. The zero-order valence-electron chi connectivity index (χ0n) is 18.3. The third-order valence-electron chi connectivity index (χ3n) is 4.81. The molecular weight excluding hydrogens is 483 g/mol. The zero-order chi connectivity index (χ0) is 25.6. The van der Waals surface area contributed by atoms with Crippen LogP contribution in [0.15, 0.2) is 77.7 Å². The van der Waals surface area contributed by atoms with E-state index < -0.39 is 33.7 Å². The number of benzene rings is 3. The first-order chi connectivity index (χ1) is 16.6. The second kappa shape index (κ2) is 11.0. The van der Waals surface area contributed by atoms with Gasteiger partial charge in [-0.2, -0.15) is 13.2 Å². The lowest BCUT2D eigenvalue weighted by atomic mass is 10.2. The molecule has 0 radical (unpaired) electrons. The molecule has 0 aromatic heterocycles. The quantitative estimate of drug-likeness (QED) is 0.211. The molecule has 1 unspecified atom stereocenters. The first kappa shape index (κ1) is 25.8. The lowest BCUT2D eigenvalue weighted by Crippen LogP contribution is -2.24. The van der Waals surface area contributed by atoms with E-state index >= 15 is 0 Å². The molecule has 0 saturated carbocycles. The second-order valence-corrected chi connectivity index (χ2v) is 8.65. The van der Waals surface area contributed by atoms with Gasteiger partial charge in [0.05, 0.1) is 15.7 Å². The Bertz CT molecular complexity index is 1250. The van der Waals surface area contributed by atoms with Crippen LogP contribution in [0.25, 0.3) is 0 Å². The van der Waals surface area contributed by atoms with Crippen molar-refractivity contribution in [1.29, 1.82) is 0 Å². The fraction of sp³-hybridized carbons (Fsp3) is 0.167. The second-order valence-electron chi connectivity index (χ2n) is 7.37. The number of halogens is 3. The molecule has 2 amide bonds. The van der Waals surface area contributed by atoms with E-state index in [1.807, 2.05) is 0 Å². The predicted octanol–water partition coefficient (Wildman–Crippen LogP) is 6.38. The minimum Gasteiger partial charge on any atom is -0.325 e. The summed E-state index contributed by atoms with van der Waals surface area (Å²) in [5, 5.41) is 15.5. The SMILES string of the molecule is CCC(Sc1cccc(NC(=O)c2cccc([N+](=O)[O-])c2)c1)C(=O)Nc1cccc(C(F)(F)F)c1. The van der Waals surface area contributed by atoms with Crippen molar-refractivity contribution in [3.05, 3.63) is 94.0 Å². The van der Waals surface area contributed by atoms with E-state index in [0.717, 1.165) is 12.1 Å². The molecule has 1 atom stereocenters. The number of anilines is 2. The van der Waals surface area contributed by atoms with Crippen LogP contribution in [0.1, 0.15) is 29.3 Å². The molecule has 0 bridgehead atoms. The van der Waals surface area contributed by atoms with E-state index in [0.29, 0.717) is 17.0 Å². The third-order valence-corrected chi connectivity index (χ3v) is 6.17. The smallest absolute Gasteiger partial charge is 0.325 e. The fourth-order valence-corrected chi connectivity index (χ4v) is 4.11. The van der Waals surface area contributed by atoms with Gasteiger partial charge in [0.25, 0.3) is 11.6 Å². The van der Waals surface area contributed by atoms with Gasteiger partial charge in [0.1, 0.15) is 0 Å². The standard InChI is InChI=1S/C24H20F3N3O4S/c1-2-21(23(32)29-17-8-4-7-16(13-17)24(25,26)27)35-20-11-5-9-18(14-20)28-22(31)15-6-3-10-19(12-15)30(33)34/h3-14,21H,2H2,1H3,(H,28,31)(H,29,32). The summed E-state index contributed by atoms with van der Waals surface area (Å²) in [6.07, 6.45) is -4.12. The Labute approximate surface area is 202 Å². The van der Waals surface area contributed by atoms with Crippen LogP contribution in [0.5, 0.6) is 0 Å². The van der Waals surface area contributed by atoms with Crippen LogP contribution in [0.2, 0.25) is 0 Å². The van der Waals surface area contributed by atoms with Crippen molar-refractivity contribution in [3.8, 4) is 0 Å². The molecule has 0 heterocycles. The van der Waals surface area contributed by atoms with Crippen LogP contribution < -0.4 is 10.6 Å². The predicted molar refractivity (Wildman–Crippen MR) is 128 cm³/mol. The van der Waals surface area contributed by atoms with E-state index in [2.05, 4.69) is 10.6 Å². The lowest BCUT2D eigenvalue weighted by Gasteiger charge is -2.16. The van der Waals surface area contributed by atoms with E-state index in [9.17, 15) is 32.9 Å². The molecule has 0 aliphatic heterocycles. The number of carbonyl (C=O) groups excluding carboxylic acids is 2. The monoisotopic (exact) mass is 503 g/mol. The van der Waals surface area contributed by atoms with Crippen molar-refractivity contribution in [2.24, 2.45) is 0 Å². The number of nitrogens with zero attached hydrogens (tertiary/aromatic N) is 1. The van der Waals surface area contributed by atoms with E-state index in [-0.39, 0.29) is 16.9 Å². The number of alkyl halides is 3. The van der Waals surface area contributed by atoms with Gasteiger partial charge in [0.15, 0.2) is 0 Å². The molecule has 0 fully saturated rings. The van der Waals surface area contributed by atoms with Gasteiger partial charge in [-0.25, -0.2) is 0 Å². The van der Waals surface area contributed by atoms with Gasteiger partial charge in [0.2, 0.25) is 5.91 Å². The van der Waals surface area contributed by atoms with Crippen molar-refractivity contribution in [2.45, 2.75) is 29.7 Å². The van der Waals surface area contributed by atoms with Gasteiger partial charge < -0.3 is 10.6 Å². The Hall–Kier alpha value is -3.86. The van der Waals surface area contributed by atoms with Crippen molar-refractivity contribution in [3.63, 3.8) is 0 Å². The maximum Gasteiger partial charge on any atom is 0.416 e. The number of nitrogens with one attached hydrogen (secondary N) is 2. The first-order valence-electron chi connectivity index (χ1n) is 10.4. The van der Waals surface area contributed by atoms with Crippen molar-refractivity contribution < 1.29 is 27.7 Å². The van der Waals surface area contributed by atoms with Crippen LogP contribution in [-0.2, 0) is 11.0 Å². The average Bonchev–Trinajstić information content (AvgIpc) is 2.82. The molecule has 7 nitrogen and oxygen atoms in total. The number of amides is 2. The summed E-state index contributed by atoms with van der Waals surface area (Å²) in [7, 11) is 0. The number of non-ortho nitro benzene ring substituents is 1. The fourth-order valence-electron chi connectivity index (χ4n) is 3.09. The number of rotatable bonds is 8. The summed E-state index contributed by atoms with van der Waals surface area (Å²) < 4.78 is 38.8. The molecular formula is C24H20F3N3O4S. The molecule has 0 aliphatic rings. The topological polar surface area (TPSA) is 101 Å². The number of thioether (sulfide) groups is 1. The molecule has 0 aliphatic carbocycles. The maximum absolute atomic E-state index is 12.9. The molecule has 3 aromatic carbocycles. The highest BCUT2D eigenvalue weighted by molar-refractivity contribution is 8.00. The number of nitro benzene ring substituents is 1. The van der Waals surface area contributed by atoms with Crippen LogP contribution in [0, 0.1) is 10.1 Å². The minimum absolute atomic E-state index is 0.0434. The number of carbonyl (C=O) groups is 2. The van der Waals surface area contributed by atoms with Crippen molar-refractivity contribution >= 4 is 40.6 Å². The highest BCUT2D eigenvalue weighted by Gasteiger charge is 2.30. The van der Waals surface area contributed by atoms with E-state index in [1.165, 1.54) is 48.2 Å². The number of hydrogen-bond donors (Lipinski definition) is 2. The Morgan fingerprint density at radius 3 is 2.29 bits per heavy atom. The Morgan fingerprint density at radius 2 is 1.63 bits per heavy atom. The molecule has 11 heteroatoms. The van der Waals surface area contributed by atoms with Crippen LogP contribution in [0.3, 0.4) is 0 Å². The molecule has 2 N–H and O–H groups in total. The van der Waals surface area contributed by atoms with Crippen molar-refractivity contribution in [2.75, 3.05) is 10.6 Å². The van der Waals surface area contributed by atoms with Crippen LogP contribution in [0.4, 0.5) is 30.2 Å². The van der Waals surface area contributed by atoms with Crippen molar-refractivity contribution in [1.82, 2.24) is 0 Å². The Kier molecular flexibility index (Phi) is 8.13. The summed E-state index contributed by atoms with van der Waals surface area (Å²) in [5.41, 5.74) is -0.492. The number of hydrogen-bond acceptors (Lipinski definition) is 5. The molecule has 35 heavy (non-hydrogen) atoms. The summed E-state index contributed by atoms with van der Waals surface area (Å²) >= 11 is 1.19. The summed E-state index contributed by atoms with van der Waals surface area (Å²) in [6.45, 7) is 1.78. The van der Waals surface area contributed by atoms with Gasteiger partial charge in [-0.3, -0.25) is 19.7 Å². The highest BCUT2D eigenvalue weighted by Crippen LogP contribution is 2.32. The van der Waals surface area contributed by atoms with E-state index in [1.54, 1.807) is 31.2 Å².